The Bertz CT molecular complexity index is 933. The van der Waals surface area contributed by atoms with Crippen LogP contribution in [-0.4, -0.2) is 40.2 Å². The fourth-order valence-corrected chi connectivity index (χ4v) is 3.55. The molecule has 1 atom stereocenters. The monoisotopic (exact) mass is 394 g/mol. The number of nitrogens with zero attached hydrogens (tertiary/aromatic N) is 3. The molecule has 0 saturated carbocycles. The Kier molecular flexibility index (Phi) is 6.77. The Morgan fingerprint density at radius 3 is 2.38 bits per heavy atom. The standard InChI is InChI=1S/C23H27FN4O/c1-4-28(5-2)22(17-9-7-6-8-10-17)16-25-23(29)20-15-21(27(3)26-20)18-11-13-19(24)14-12-18/h6-15,22H,4-5,16H2,1-3H3,(H,25,29). The quantitative estimate of drug-likeness (QED) is 0.627. The van der Waals surface area contributed by atoms with Crippen LogP contribution in [0.15, 0.2) is 60.7 Å². The van der Waals surface area contributed by atoms with Gasteiger partial charge in [-0.15, -0.1) is 0 Å². The molecule has 0 aliphatic rings. The van der Waals surface area contributed by atoms with Crippen molar-refractivity contribution in [3.8, 4) is 11.3 Å². The maximum atomic E-state index is 13.2. The van der Waals surface area contributed by atoms with Crippen LogP contribution in [0.3, 0.4) is 0 Å². The number of aryl methyl sites for hydroxylation is 1. The summed E-state index contributed by atoms with van der Waals surface area (Å²) in [5, 5.41) is 7.37. The van der Waals surface area contributed by atoms with Crippen molar-refractivity contribution in [3.05, 3.63) is 77.7 Å². The number of hydrogen-bond acceptors (Lipinski definition) is 3. The Morgan fingerprint density at radius 2 is 1.76 bits per heavy atom. The van der Waals surface area contributed by atoms with E-state index >= 15 is 0 Å². The summed E-state index contributed by atoms with van der Waals surface area (Å²) in [5.74, 6) is -0.515. The third-order valence-corrected chi connectivity index (χ3v) is 5.15. The molecular weight excluding hydrogens is 367 g/mol. The summed E-state index contributed by atoms with van der Waals surface area (Å²) in [6.07, 6.45) is 0. The van der Waals surface area contributed by atoms with Crippen LogP contribution in [0.5, 0.6) is 0 Å². The van der Waals surface area contributed by atoms with E-state index in [0.717, 1.165) is 24.3 Å². The zero-order chi connectivity index (χ0) is 20.8. The molecule has 0 fully saturated rings. The summed E-state index contributed by atoms with van der Waals surface area (Å²) in [5.41, 5.74) is 3.09. The molecule has 29 heavy (non-hydrogen) atoms. The first-order valence-electron chi connectivity index (χ1n) is 9.90. The second-order valence-electron chi connectivity index (χ2n) is 6.90. The molecule has 0 saturated heterocycles. The lowest BCUT2D eigenvalue weighted by Gasteiger charge is -2.30. The molecule has 0 radical (unpaired) electrons. The van der Waals surface area contributed by atoms with Gasteiger partial charge in [0.2, 0.25) is 0 Å². The molecule has 3 aromatic rings. The van der Waals surface area contributed by atoms with Crippen LogP contribution in [0.2, 0.25) is 0 Å². The van der Waals surface area contributed by atoms with Gasteiger partial charge in [0, 0.05) is 13.6 Å². The minimum absolute atomic E-state index is 0.0930. The van der Waals surface area contributed by atoms with Crippen LogP contribution in [0.25, 0.3) is 11.3 Å². The lowest BCUT2D eigenvalue weighted by molar-refractivity contribution is 0.0929. The fourth-order valence-electron chi connectivity index (χ4n) is 3.55. The Labute approximate surface area is 171 Å². The number of aromatic nitrogens is 2. The second kappa shape index (κ2) is 9.47. The summed E-state index contributed by atoms with van der Waals surface area (Å²) in [6, 6.07) is 18.2. The van der Waals surface area contributed by atoms with Gasteiger partial charge in [-0.05, 0) is 54.5 Å². The van der Waals surface area contributed by atoms with Crippen molar-refractivity contribution in [3.63, 3.8) is 0 Å². The SMILES string of the molecule is CCN(CC)C(CNC(=O)c1cc(-c2ccc(F)cc2)n(C)n1)c1ccccc1. The van der Waals surface area contributed by atoms with Crippen LogP contribution in [0.1, 0.15) is 35.9 Å². The summed E-state index contributed by atoms with van der Waals surface area (Å²) in [7, 11) is 1.78. The zero-order valence-electron chi connectivity index (χ0n) is 17.1. The van der Waals surface area contributed by atoms with Gasteiger partial charge in [0.05, 0.1) is 11.7 Å². The molecular formula is C23H27FN4O. The van der Waals surface area contributed by atoms with E-state index in [1.165, 1.54) is 17.7 Å². The molecule has 0 aliphatic carbocycles. The molecule has 1 unspecified atom stereocenters. The van der Waals surface area contributed by atoms with Gasteiger partial charge < -0.3 is 5.32 Å². The van der Waals surface area contributed by atoms with Crippen molar-refractivity contribution >= 4 is 5.91 Å². The van der Waals surface area contributed by atoms with Crippen LogP contribution in [0, 0.1) is 5.82 Å². The number of likely N-dealkylation sites (N-methyl/N-ethyl adjacent to an activating group) is 1. The molecule has 1 N–H and O–H groups in total. The highest BCUT2D eigenvalue weighted by molar-refractivity contribution is 5.93. The van der Waals surface area contributed by atoms with Crippen molar-refractivity contribution in [1.29, 1.82) is 0 Å². The maximum Gasteiger partial charge on any atom is 0.271 e. The lowest BCUT2D eigenvalue weighted by atomic mass is 10.0. The van der Waals surface area contributed by atoms with Gasteiger partial charge in [0.25, 0.3) is 5.91 Å². The molecule has 0 spiro atoms. The van der Waals surface area contributed by atoms with E-state index < -0.39 is 0 Å². The molecule has 0 bridgehead atoms. The molecule has 1 aromatic heterocycles. The van der Waals surface area contributed by atoms with Crippen molar-refractivity contribution in [2.24, 2.45) is 7.05 Å². The number of benzene rings is 2. The minimum Gasteiger partial charge on any atom is -0.349 e. The first-order valence-corrected chi connectivity index (χ1v) is 9.90. The third-order valence-electron chi connectivity index (χ3n) is 5.15. The maximum absolute atomic E-state index is 13.2. The van der Waals surface area contributed by atoms with Gasteiger partial charge in [0.1, 0.15) is 5.82 Å². The molecule has 0 aliphatic heterocycles. The van der Waals surface area contributed by atoms with E-state index in [0.29, 0.717) is 12.2 Å². The number of hydrogen-bond donors (Lipinski definition) is 1. The summed E-state index contributed by atoms with van der Waals surface area (Å²) >= 11 is 0. The average molecular weight is 394 g/mol. The molecule has 1 amide bonds. The van der Waals surface area contributed by atoms with Crippen molar-refractivity contribution in [2.75, 3.05) is 19.6 Å². The third kappa shape index (κ3) is 4.90. The van der Waals surface area contributed by atoms with Crippen molar-refractivity contribution < 1.29 is 9.18 Å². The molecule has 152 valence electrons. The van der Waals surface area contributed by atoms with E-state index in [9.17, 15) is 9.18 Å². The van der Waals surface area contributed by atoms with Crippen LogP contribution >= 0.6 is 0 Å². The Morgan fingerprint density at radius 1 is 1.10 bits per heavy atom. The smallest absolute Gasteiger partial charge is 0.271 e. The number of carbonyl (C=O) groups is 1. The van der Waals surface area contributed by atoms with E-state index in [1.807, 2.05) is 18.2 Å². The van der Waals surface area contributed by atoms with Gasteiger partial charge in [0.15, 0.2) is 5.69 Å². The largest absolute Gasteiger partial charge is 0.349 e. The first kappa shape index (κ1) is 20.7. The van der Waals surface area contributed by atoms with Gasteiger partial charge in [-0.1, -0.05) is 44.2 Å². The zero-order valence-corrected chi connectivity index (χ0v) is 17.1. The molecule has 2 aromatic carbocycles. The lowest BCUT2D eigenvalue weighted by Crippen LogP contribution is -2.38. The van der Waals surface area contributed by atoms with Gasteiger partial charge in [-0.3, -0.25) is 14.4 Å². The average Bonchev–Trinajstić information content (AvgIpc) is 3.14. The van der Waals surface area contributed by atoms with E-state index in [2.05, 4.69) is 41.3 Å². The Balaban J connectivity index is 1.75. The first-order chi connectivity index (χ1) is 14.0. The number of carbonyl (C=O) groups excluding carboxylic acids is 1. The second-order valence-corrected chi connectivity index (χ2v) is 6.90. The Hall–Kier alpha value is -2.99. The summed E-state index contributed by atoms with van der Waals surface area (Å²) in [4.78, 5) is 15.1. The normalized spacial score (nSPS) is 12.2. The topological polar surface area (TPSA) is 50.2 Å². The number of halogens is 1. The number of nitrogens with one attached hydrogen (secondary N) is 1. The van der Waals surface area contributed by atoms with E-state index in [-0.39, 0.29) is 17.8 Å². The van der Waals surface area contributed by atoms with Gasteiger partial charge >= 0.3 is 0 Å². The minimum atomic E-state index is -0.294. The van der Waals surface area contributed by atoms with E-state index in [1.54, 1.807) is 29.9 Å². The van der Waals surface area contributed by atoms with Crippen LogP contribution in [-0.2, 0) is 7.05 Å². The highest BCUT2D eigenvalue weighted by Crippen LogP contribution is 2.22. The van der Waals surface area contributed by atoms with Crippen LogP contribution < -0.4 is 5.32 Å². The summed E-state index contributed by atoms with van der Waals surface area (Å²) < 4.78 is 14.8. The van der Waals surface area contributed by atoms with Gasteiger partial charge in [-0.25, -0.2) is 4.39 Å². The number of rotatable bonds is 8. The van der Waals surface area contributed by atoms with Crippen LogP contribution in [0.4, 0.5) is 4.39 Å². The number of amides is 1. The van der Waals surface area contributed by atoms with E-state index in [4.69, 9.17) is 0 Å². The highest BCUT2D eigenvalue weighted by atomic mass is 19.1. The molecule has 5 nitrogen and oxygen atoms in total. The fraction of sp³-hybridized carbons (Fsp3) is 0.304. The van der Waals surface area contributed by atoms with Gasteiger partial charge in [-0.2, -0.15) is 5.10 Å². The molecule has 1 heterocycles. The summed E-state index contributed by atoms with van der Waals surface area (Å²) in [6.45, 7) is 6.52. The predicted octanol–water partition coefficient (Wildman–Crippen LogP) is 4.04. The predicted molar refractivity (Wildman–Crippen MR) is 113 cm³/mol. The molecule has 6 heteroatoms. The molecule has 3 rings (SSSR count). The van der Waals surface area contributed by atoms with Crippen molar-refractivity contribution in [1.82, 2.24) is 20.0 Å². The highest BCUT2D eigenvalue weighted by Gasteiger charge is 2.20. The van der Waals surface area contributed by atoms with Crippen molar-refractivity contribution in [2.45, 2.75) is 19.9 Å².